The van der Waals surface area contributed by atoms with Gasteiger partial charge in [0.2, 0.25) is 5.95 Å². The van der Waals surface area contributed by atoms with Crippen LogP contribution in [0.3, 0.4) is 0 Å². The summed E-state index contributed by atoms with van der Waals surface area (Å²) < 4.78 is 6.51. The first-order valence-corrected chi connectivity index (χ1v) is 6.64. The van der Waals surface area contributed by atoms with Crippen LogP contribution in [0.25, 0.3) is 10.3 Å². The molecule has 0 bridgehead atoms. The summed E-state index contributed by atoms with van der Waals surface area (Å²) in [5.74, 6) is -0.143. The highest BCUT2D eigenvalue weighted by atomic mass is 32.1. The van der Waals surface area contributed by atoms with Crippen molar-refractivity contribution in [2.24, 2.45) is 0 Å². The molecule has 108 valence electrons. The fraction of sp³-hybridized carbons (Fsp3) is 0.500. The molecule has 3 heterocycles. The maximum atomic E-state index is 12.0. The molecule has 0 spiro atoms. The van der Waals surface area contributed by atoms with E-state index in [1.807, 2.05) is 0 Å². The highest BCUT2D eigenvalue weighted by Crippen LogP contribution is 2.30. The third kappa shape index (κ3) is 1.77. The fourth-order valence-corrected chi connectivity index (χ4v) is 3.05. The quantitative estimate of drug-likeness (QED) is 0.495. The molecule has 20 heavy (non-hydrogen) atoms. The van der Waals surface area contributed by atoms with Crippen molar-refractivity contribution >= 4 is 27.6 Å². The van der Waals surface area contributed by atoms with E-state index < -0.39 is 35.0 Å². The third-order valence-electron chi connectivity index (χ3n) is 3.22. The van der Waals surface area contributed by atoms with Crippen molar-refractivity contribution in [1.82, 2.24) is 14.5 Å². The van der Waals surface area contributed by atoms with Gasteiger partial charge in [-0.3, -0.25) is 19.1 Å². The average Bonchev–Trinajstić information content (AvgIpc) is 2.82. The van der Waals surface area contributed by atoms with E-state index in [1.54, 1.807) is 6.92 Å². The Morgan fingerprint density at radius 3 is 2.70 bits per heavy atom. The average molecular weight is 300 g/mol. The number of thiazole rings is 1. The van der Waals surface area contributed by atoms with Crippen LogP contribution in [0.1, 0.15) is 13.2 Å². The summed E-state index contributed by atoms with van der Waals surface area (Å²) in [7, 11) is 0. The lowest BCUT2D eigenvalue weighted by Gasteiger charge is -2.15. The van der Waals surface area contributed by atoms with Gasteiger partial charge >= 0.3 is 4.87 Å². The zero-order valence-electron chi connectivity index (χ0n) is 10.3. The lowest BCUT2D eigenvalue weighted by molar-refractivity contribution is -0.0309. The van der Waals surface area contributed by atoms with Gasteiger partial charge in [-0.2, -0.15) is 4.98 Å². The van der Waals surface area contributed by atoms with E-state index in [0.717, 1.165) is 4.57 Å². The minimum Gasteiger partial charge on any atom is -0.388 e. The number of aliphatic hydroxyl groups excluding tert-OH is 2. The van der Waals surface area contributed by atoms with E-state index in [2.05, 4.69) is 9.97 Å². The molecule has 2 aromatic heterocycles. The Balaban J connectivity index is 2.25. The number of aromatic nitrogens is 3. The number of H-pyrrole nitrogens is 1. The van der Waals surface area contributed by atoms with Crippen molar-refractivity contribution in [2.45, 2.75) is 31.5 Å². The van der Waals surface area contributed by atoms with Crippen LogP contribution in [0.5, 0.6) is 0 Å². The van der Waals surface area contributed by atoms with Gasteiger partial charge in [0, 0.05) is 0 Å². The predicted molar refractivity (Wildman–Crippen MR) is 70.5 cm³/mol. The number of ether oxygens (including phenoxy) is 1. The molecule has 9 nitrogen and oxygen atoms in total. The number of fused-ring (bicyclic) bond motifs is 1. The smallest absolute Gasteiger partial charge is 0.311 e. The molecular formula is C10H12N4O5S. The van der Waals surface area contributed by atoms with Crippen LogP contribution in [0, 0.1) is 0 Å². The topological polar surface area (TPSA) is 143 Å². The Kier molecular flexibility index (Phi) is 2.90. The van der Waals surface area contributed by atoms with Crippen molar-refractivity contribution in [3.63, 3.8) is 0 Å². The summed E-state index contributed by atoms with van der Waals surface area (Å²) in [5, 5.41) is 19.7. The number of nitrogen functional groups attached to an aromatic ring is 1. The standard InChI is InChI=1S/C10H12N4O5S/c1-2-3(15)4(16)8(19-2)14-6-5(20-10(14)18)7(17)13-9(11)12-6/h2-4,8,15-16H,1H3,(H3,11,12,13,17). The Hall–Kier alpha value is -1.75. The molecule has 1 fully saturated rings. The number of nitrogens with one attached hydrogen (secondary N) is 1. The summed E-state index contributed by atoms with van der Waals surface area (Å²) in [6, 6.07) is 0. The molecule has 1 aliphatic heterocycles. The Morgan fingerprint density at radius 2 is 2.10 bits per heavy atom. The number of aromatic amines is 1. The summed E-state index contributed by atoms with van der Waals surface area (Å²) >= 11 is 0.678. The minimum atomic E-state index is -1.29. The number of anilines is 1. The van der Waals surface area contributed by atoms with Gasteiger partial charge in [0.15, 0.2) is 11.9 Å². The molecule has 1 aliphatic rings. The van der Waals surface area contributed by atoms with Crippen molar-refractivity contribution in [1.29, 1.82) is 0 Å². The van der Waals surface area contributed by atoms with Gasteiger partial charge in [-0.15, -0.1) is 0 Å². The zero-order valence-corrected chi connectivity index (χ0v) is 11.1. The third-order valence-corrected chi connectivity index (χ3v) is 4.17. The van der Waals surface area contributed by atoms with Gasteiger partial charge in [-0.1, -0.05) is 11.3 Å². The first kappa shape index (κ1) is 13.2. The van der Waals surface area contributed by atoms with E-state index in [4.69, 9.17) is 10.5 Å². The first-order chi connectivity index (χ1) is 9.40. The van der Waals surface area contributed by atoms with Crippen LogP contribution in [0.4, 0.5) is 5.95 Å². The van der Waals surface area contributed by atoms with Crippen molar-refractivity contribution < 1.29 is 14.9 Å². The molecule has 0 saturated carbocycles. The number of hydrogen-bond donors (Lipinski definition) is 4. The van der Waals surface area contributed by atoms with Gasteiger partial charge in [-0.05, 0) is 6.92 Å². The molecule has 0 radical (unpaired) electrons. The van der Waals surface area contributed by atoms with Gasteiger partial charge in [0.05, 0.1) is 6.10 Å². The molecule has 10 heteroatoms. The summed E-state index contributed by atoms with van der Waals surface area (Å²) in [5.41, 5.74) is 4.96. The molecule has 1 saturated heterocycles. The number of nitrogens with two attached hydrogens (primary N) is 1. The molecule has 4 atom stereocenters. The molecule has 0 aromatic carbocycles. The molecule has 0 amide bonds. The normalized spacial score (nSPS) is 30.1. The maximum absolute atomic E-state index is 12.0. The van der Waals surface area contributed by atoms with Crippen LogP contribution in [-0.2, 0) is 4.74 Å². The second-order valence-corrected chi connectivity index (χ2v) is 5.52. The minimum absolute atomic E-state index is 0.0339. The van der Waals surface area contributed by atoms with Crippen LogP contribution in [0.15, 0.2) is 9.59 Å². The lowest BCUT2D eigenvalue weighted by atomic mass is 10.1. The Bertz CT molecular complexity index is 780. The summed E-state index contributed by atoms with van der Waals surface area (Å²) in [6.45, 7) is 1.57. The number of nitrogens with zero attached hydrogens (tertiary/aromatic N) is 2. The van der Waals surface area contributed by atoms with Crippen LogP contribution >= 0.6 is 11.3 Å². The van der Waals surface area contributed by atoms with E-state index in [9.17, 15) is 19.8 Å². The van der Waals surface area contributed by atoms with E-state index in [-0.39, 0.29) is 16.3 Å². The SMILES string of the molecule is CC1OC(n2c(=O)sc3c(=O)[nH]c(N)nc32)C(O)C1O. The fourth-order valence-electron chi connectivity index (χ4n) is 2.21. The second kappa shape index (κ2) is 4.38. The van der Waals surface area contributed by atoms with Crippen molar-refractivity contribution in [2.75, 3.05) is 5.73 Å². The summed E-state index contributed by atoms with van der Waals surface area (Å²) in [4.78, 5) is 29.4. The monoisotopic (exact) mass is 300 g/mol. The molecule has 2 aromatic rings. The predicted octanol–water partition coefficient (Wildman–Crippen LogP) is -1.63. The Labute approximate surface area is 115 Å². The van der Waals surface area contributed by atoms with Gasteiger partial charge in [0.25, 0.3) is 5.56 Å². The van der Waals surface area contributed by atoms with Crippen LogP contribution < -0.4 is 16.2 Å². The van der Waals surface area contributed by atoms with Gasteiger partial charge in [-0.25, -0.2) is 0 Å². The molecule has 0 aliphatic carbocycles. The number of aliphatic hydroxyl groups is 2. The second-order valence-electron chi connectivity index (χ2n) is 4.55. The highest BCUT2D eigenvalue weighted by Gasteiger charge is 2.43. The lowest BCUT2D eigenvalue weighted by Crippen LogP contribution is -2.33. The van der Waals surface area contributed by atoms with Crippen molar-refractivity contribution in [3.05, 3.63) is 20.0 Å². The zero-order chi connectivity index (χ0) is 14.6. The van der Waals surface area contributed by atoms with Gasteiger partial charge in [0.1, 0.15) is 16.9 Å². The maximum Gasteiger partial charge on any atom is 0.311 e. The molecular weight excluding hydrogens is 288 g/mol. The van der Waals surface area contributed by atoms with Gasteiger partial charge < -0.3 is 20.7 Å². The van der Waals surface area contributed by atoms with E-state index in [0.29, 0.717) is 11.3 Å². The molecule has 5 N–H and O–H groups in total. The Morgan fingerprint density at radius 1 is 1.40 bits per heavy atom. The first-order valence-electron chi connectivity index (χ1n) is 5.82. The van der Waals surface area contributed by atoms with Crippen LogP contribution in [-0.4, -0.2) is 43.1 Å². The molecule has 4 unspecified atom stereocenters. The van der Waals surface area contributed by atoms with Crippen LogP contribution in [0.2, 0.25) is 0 Å². The molecule has 3 rings (SSSR count). The highest BCUT2D eigenvalue weighted by molar-refractivity contribution is 7.16. The van der Waals surface area contributed by atoms with E-state index in [1.165, 1.54) is 0 Å². The van der Waals surface area contributed by atoms with E-state index >= 15 is 0 Å². The number of hydrogen-bond acceptors (Lipinski definition) is 8. The summed E-state index contributed by atoms with van der Waals surface area (Å²) in [6.07, 6.45) is -4.16. The number of rotatable bonds is 1. The largest absolute Gasteiger partial charge is 0.388 e. The van der Waals surface area contributed by atoms with Crippen molar-refractivity contribution in [3.8, 4) is 0 Å².